The fraction of sp³-hybridized carbons (Fsp3) is 0.750. The van der Waals surface area contributed by atoms with Gasteiger partial charge in [-0.05, 0) is 51.4 Å². The van der Waals surface area contributed by atoms with E-state index in [4.69, 9.17) is 0 Å². The van der Waals surface area contributed by atoms with Crippen LogP contribution in [0, 0.1) is 5.92 Å². The molecular weight excluding hydrogens is 223 g/mol. The van der Waals surface area contributed by atoms with Crippen molar-refractivity contribution >= 4 is 22.6 Å². The molecule has 9 heavy (non-hydrogen) atoms. The Labute approximate surface area is 70.9 Å². The lowest BCUT2D eigenvalue weighted by atomic mass is 9.92. The smallest absolute Gasteiger partial charge is 0.0134 e. The highest BCUT2D eigenvalue weighted by molar-refractivity contribution is 14.1. The predicted molar refractivity (Wildman–Crippen MR) is 49.7 cm³/mol. The van der Waals surface area contributed by atoms with Crippen molar-refractivity contribution in [3.63, 3.8) is 0 Å². The molecule has 0 radical (unpaired) electrons. The highest BCUT2D eigenvalue weighted by atomic mass is 127. The molecule has 0 N–H and O–H groups in total. The van der Waals surface area contributed by atoms with Crippen LogP contribution in [0.1, 0.15) is 32.6 Å². The maximum absolute atomic E-state index is 2.44. The molecule has 0 saturated heterocycles. The van der Waals surface area contributed by atoms with Gasteiger partial charge in [0.05, 0.1) is 0 Å². The third-order valence-corrected chi connectivity index (χ3v) is 3.02. The lowest BCUT2D eigenvalue weighted by Crippen LogP contribution is -2.01. The Hall–Kier alpha value is 0.470. The Morgan fingerprint density at radius 1 is 1.78 bits per heavy atom. The van der Waals surface area contributed by atoms with Crippen LogP contribution in [0.25, 0.3) is 0 Å². The Bertz CT molecular complexity index is 116. The van der Waals surface area contributed by atoms with Crippen LogP contribution in [0.2, 0.25) is 0 Å². The first-order valence-corrected chi connectivity index (χ1v) is 4.75. The maximum Gasteiger partial charge on any atom is -0.0134 e. The molecule has 0 bridgehead atoms. The van der Waals surface area contributed by atoms with Crippen LogP contribution in [-0.4, -0.2) is 0 Å². The number of rotatable bonds is 1. The zero-order valence-corrected chi connectivity index (χ0v) is 8.02. The summed E-state index contributed by atoms with van der Waals surface area (Å²) in [6.07, 6.45) is 7.83. The topological polar surface area (TPSA) is 0 Å². The molecule has 1 aliphatic rings. The van der Waals surface area contributed by atoms with Crippen molar-refractivity contribution in [3.05, 3.63) is 9.66 Å². The quantitative estimate of drug-likeness (QED) is 0.611. The van der Waals surface area contributed by atoms with Crippen LogP contribution in [0.4, 0.5) is 0 Å². The normalized spacial score (nSPS) is 27.8. The van der Waals surface area contributed by atoms with E-state index >= 15 is 0 Å². The lowest BCUT2D eigenvalue weighted by molar-refractivity contribution is 0.464. The maximum atomic E-state index is 2.44. The summed E-state index contributed by atoms with van der Waals surface area (Å²) in [6.45, 7) is 2.29. The van der Waals surface area contributed by atoms with Crippen LogP contribution >= 0.6 is 22.6 Å². The van der Waals surface area contributed by atoms with Gasteiger partial charge in [-0.25, -0.2) is 0 Å². The molecule has 0 saturated carbocycles. The lowest BCUT2D eigenvalue weighted by Gasteiger charge is -2.16. The van der Waals surface area contributed by atoms with E-state index in [1.807, 2.05) is 0 Å². The summed E-state index contributed by atoms with van der Waals surface area (Å²) in [5.41, 5.74) is 0. The first-order chi connectivity index (χ1) is 4.33. The third-order valence-electron chi connectivity index (χ3n) is 2.04. The van der Waals surface area contributed by atoms with Gasteiger partial charge in [0.1, 0.15) is 0 Å². The van der Waals surface area contributed by atoms with Crippen molar-refractivity contribution < 1.29 is 0 Å². The fourth-order valence-electron chi connectivity index (χ4n) is 1.23. The first kappa shape index (κ1) is 7.58. The van der Waals surface area contributed by atoms with Crippen molar-refractivity contribution in [1.82, 2.24) is 0 Å². The summed E-state index contributed by atoms with van der Waals surface area (Å²) in [5.74, 6) is 0.989. The van der Waals surface area contributed by atoms with Crippen LogP contribution in [0.5, 0.6) is 0 Å². The molecular formula is C8H13I. The van der Waals surface area contributed by atoms with Gasteiger partial charge in [0.2, 0.25) is 0 Å². The van der Waals surface area contributed by atoms with Gasteiger partial charge in [-0.15, -0.1) is 0 Å². The first-order valence-electron chi connectivity index (χ1n) is 3.67. The van der Waals surface area contributed by atoms with E-state index in [9.17, 15) is 0 Å². The Morgan fingerprint density at radius 3 is 3.00 bits per heavy atom. The van der Waals surface area contributed by atoms with Crippen molar-refractivity contribution in [3.8, 4) is 0 Å². The van der Waals surface area contributed by atoms with Crippen molar-refractivity contribution in [1.29, 1.82) is 0 Å². The van der Waals surface area contributed by atoms with E-state index in [2.05, 4.69) is 35.6 Å². The molecule has 0 aliphatic heterocycles. The highest BCUT2D eigenvalue weighted by Gasteiger charge is 2.09. The summed E-state index contributed by atoms with van der Waals surface area (Å²) in [5, 5.41) is 0. The second kappa shape index (κ2) is 3.59. The summed E-state index contributed by atoms with van der Waals surface area (Å²) < 4.78 is 1.57. The van der Waals surface area contributed by atoms with E-state index < -0.39 is 0 Å². The molecule has 0 heterocycles. The average Bonchev–Trinajstić information content (AvgIpc) is 1.90. The van der Waals surface area contributed by atoms with Crippen LogP contribution < -0.4 is 0 Å². The molecule has 1 aliphatic carbocycles. The Balaban J connectivity index is 2.36. The second-order valence-corrected chi connectivity index (χ2v) is 4.09. The number of halogens is 1. The molecule has 0 fully saturated rings. The molecule has 0 aromatic heterocycles. The Kier molecular flexibility index (Phi) is 3.02. The molecule has 1 heteroatoms. The van der Waals surface area contributed by atoms with Crippen LogP contribution in [0.15, 0.2) is 9.66 Å². The molecule has 0 aromatic carbocycles. The fourth-order valence-corrected chi connectivity index (χ4v) is 1.79. The molecule has 0 aromatic rings. The minimum absolute atomic E-state index is 0.989. The molecule has 1 rings (SSSR count). The molecule has 1 atom stereocenters. The minimum atomic E-state index is 0.989. The van der Waals surface area contributed by atoms with E-state index in [-0.39, 0.29) is 0 Å². The zero-order chi connectivity index (χ0) is 6.69. The van der Waals surface area contributed by atoms with Crippen molar-refractivity contribution in [2.45, 2.75) is 32.6 Å². The SMILES string of the molecule is CCC1CC=C(I)CC1. The van der Waals surface area contributed by atoms with Gasteiger partial charge in [-0.3, -0.25) is 0 Å². The van der Waals surface area contributed by atoms with Gasteiger partial charge >= 0.3 is 0 Å². The van der Waals surface area contributed by atoms with E-state index in [1.165, 1.54) is 25.7 Å². The molecule has 0 nitrogen and oxygen atoms in total. The molecule has 0 amide bonds. The monoisotopic (exact) mass is 236 g/mol. The summed E-state index contributed by atoms with van der Waals surface area (Å²) in [7, 11) is 0. The molecule has 1 unspecified atom stereocenters. The number of allylic oxidation sites excluding steroid dienone is 2. The highest BCUT2D eigenvalue weighted by Crippen LogP contribution is 2.28. The van der Waals surface area contributed by atoms with Gasteiger partial charge in [0, 0.05) is 0 Å². The molecule has 52 valence electrons. The van der Waals surface area contributed by atoms with Gasteiger partial charge in [-0.2, -0.15) is 0 Å². The van der Waals surface area contributed by atoms with E-state index in [1.54, 1.807) is 3.58 Å². The van der Waals surface area contributed by atoms with Gasteiger partial charge < -0.3 is 0 Å². The third kappa shape index (κ3) is 2.28. The number of hydrogen-bond donors (Lipinski definition) is 0. The zero-order valence-electron chi connectivity index (χ0n) is 5.86. The summed E-state index contributed by atoms with van der Waals surface area (Å²) >= 11 is 2.44. The average molecular weight is 236 g/mol. The standard InChI is InChI=1S/C8H13I/c1-2-7-3-5-8(9)6-4-7/h5,7H,2-4,6H2,1H3. The summed E-state index contributed by atoms with van der Waals surface area (Å²) in [4.78, 5) is 0. The van der Waals surface area contributed by atoms with Crippen molar-refractivity contribution in [2.75, 3.05) is 0 Å². The predicted octanol–water partition coefficient (Wildman–Crippen LogP) is 3.52. The molecule has 0 spiro atoms. The largest absolute Gasteiger partial charge is 0.0750 e. The summed E-state index contributed by atoms with van der Waals surface area (Å²) in [6, 6.07) is 0. The van der Waals surface area contributed by atoms with E-state index in [0.717, 1.165) is 5.92 Å². The van der Waals surface area contributed by atoms with Gasteiger partial charge in [0.15, 0.2) is 0 Å². The Morgan fingerprint density at radius 2 is 2.56 bits per heavy atom. The second-order valence-electron chi connectivity index (χ2n) is 2.70. The van der Waals surface area contributed by atoms with Crippen molar-refractivity contribution in [2.24, 2.45) is 5.92 Å². The van der Waals surface area contributed by atoms with Crippen LogP contribution in [0.3, 0.4) is 0 Å². The van der Waals surface area contributed by atoms with Gasteiger partial charge in [0.25, 0.3) is 0 Å². The van der Waals surface area contributed by atoms with Crippen LogP contribution in [-0.2, 0) is 0 Å². The van der Waals surface area contributed by atoms with Gasteiger partial charge in [-0.1, -0.05) is 19.4 Å². The van der Waals surface area contributed by atoms with E-state index in [0.29, 0.717) is 0 Å². The minimum Gasteiger partial charge on any atom is -0.0750 e. The number of hydrogen-bond acceptors (Lipinski definition) is 0.